The molecular weight excluding hydrogens is 985 g/mol. The van der Waals surface area contributed by atoms with Crippen molar-refractivity contribution in [3.8, 4) is 11.5 Å². The highest BCUT2D eigenvalue weighted by Gasteiger charge is 2.78. The monoisotopic (exact) mass is 1040 g/mol. The highest BCUT2D eigenvalue weighted by molar-refractivity contribution is 5.87. The summed E-state index contributed by atoms with van der Waals surface area (Å²) < 4.78 is 70.4. The van der Waals surface area contributed by atoms with Crippen LogP contribution in [0.4, 0.5) is 0 Å². The first-order valence-electron chi connectivity index (χ1n) is 24.5. The van der Waals surface area contributed by atoms with Crippen molar-refractivity contribution in [2.75, 3.05) is 40.6 Å². The van der Waals surface area contributed by atoms with Crippen LogP contribution < -0.4 is 9.47 Å². The predicted molar refractivity (Wildman–Crippen MR) is 239 cm³/mol. The molecule has 3 aliphatic carbocycles. The number of carbonyl (C=O) groups is 2. The third-order valence-corrected chi connectivity index (χ3v) is 16.7. The van der Waals surface area contributed by atoms with E-state index in [1.807, 2.05) is 0 Å². The number of hydrogen-bond donors (Lipinski definition) is 10. The van der Waals surface area contributed by atoms with Crippen LogP contribution in [0.15, 0.2) is 73.2 Å². The molecule has 2 aromatic rings. The SMILES string of the molecule is COc1ccc([C@@H]2[C@@H](C(=O)OC[C@]34O[C@H]3[C@@H](O)[C@@H]3C=CO[C@@H](O[C@@H]5O[C@H](CO)[C@@H](O)[C@H](O)[C@H]5O)[C@@H]34)[C@@H](C(=O)OC[C@]34O[C@H]3[C@@H](O)[C@@H]3C=CO[C@@H](O[C@@H]5O[C@H](CO)[C@@H](O)[C@H](O)[C@H]5O)[C@@H]34)[C@@H]2c2ccc(OC)cc2)cc1. The highest BCUT2D eigenvalue weighted by atomic mass is 16.8. The van der Waals surface area contributed by atoms with Crippen LogP contribution >= 0.6 is 0 Å². The number of rotatable bonds is 16. The van der Waals surface area contributed by atoms with Crippen molar-refractivity contribution in [2.45, 2.75) is 121 Å². The van der Waals surface area contributed by atoms with E-state index in [9.17, 15) is 60.7 Å². The van der Waals surface area contributed by atoms with E-state index in [4.69, 9.17) is 56.8 Å². The summed E-state index contributed by atoms with van der Waals surface area (Å²) in [6, 6.07) is 14.0. The van der Waals surface area contributed by atoms with Crippen LogP contribution in [0.5, 0.6) is 11.5 Å². The Morgan fingerprint density at radius 2 is 0.892 bits per heavy atom. The number of ether oxygens (including phenoxy) is 12. The van der Waals surface area contributed by atoms with Crippen molar-refractivity contribution in [3.05, 3.63) is 84.3 Å². The molecule has 6 aliphatic heterocycles. The van der Waals surface area contributed by atoms with E-state index < -0.39 is 195 Å². The van der Waals surface area contributed by atoms with Gasteiger partial charge >= 0.3 is 11.9 Å². The predicted octanol–water partition coefficient (Wildman–Crippen LogP) is -3.23. The van der Waals surface area contributed by atoms with Gasteiger partial charge in [-0.2, -0.15) is 0 Å². The van der Waals surface area contributed by atoms with Crippen LogP contribution in [0.1, 0.15) is 23.0 Å². The second-order valence-electron chi connectivity index (χ2n) is 20.4. The summed E-state index contributed by atoms with van der Waals surface area (Å²) in [4.78, 5) is 30.0. The molecule has 24 nitrogen and oxygen atoms in total. The molecule has 6 heterocycles. The molecular formula is C50H60O24. The molecule has 9 aliphatic rings. The number of fused-ring (bicyclic) bond motifs is 6. The van der Waals surface area contributed by atoms with Gasteiger partial charge in [0.15, 0.2) is 12.6 Å². The van der Waals surface area contributed by atoms with Crippen LogP contribution in [0.2, 0.25) is 0 Å². The second kappa shape index (κ2) is 19.8. The third-order valence-electron chi connectivity index (χ3n) is 16.7. The Morgan fingerprint density at radius 3 is 1.24 bits per heavy atom. The fourth-order valence-electron chi connectivity index (χ4n) is 12.7. The molecule has 10 N–H and O–H groups in total. The van der Waals surface area contributed by atoms with E-state index in [2.05, 4.69) is 0 Å². The van der Waals surface area contributed by atoms with E-state index in [1.54, 1.807) is 60.7 Å². The summed E-state index contributed by atoms with van der Waals surface area (Å²) in [5.74, 6) is -7.62. The van der Waals surface area contributed by atoms with Gasteiger partial charge in [0.25, 0.3) is 0 Å². The van der Waals surface area contributed by atoms with Gasteiger partial charge in [-0.25, -0.2) is 0 Å². The maximum Gasteiger partial charge on any atom is 0.310 e. The number of aliphatic hydroxyl groups excluding tert-OH is 10. The van der Waals surface area contributed by atoms with E-state index in [0.29, 0.717) is 22.6 Å². The lowest BCUT2D eigenvalue weighted by Crippen LogP contribution is -2.60. The Hall–Kier alpha value is -4.58. The van der Waals surface area contributed by atoms with Gasteiger partial charge in [0.1, 0.15) is 97.0 Å². The maximum absolute atomic E-state index is 15.0. The standard InChI is InChI=1S/C50H60O24/c1-63-21-7-3-19(4-8-21)27-28(20-5-9-22(64-2)10-6-20)30(44(62)68-18-50-32-24(34(54)42(50)74-50)12-14-66-46(32)72-48-40(60)38(58)36(56)26(16-52)70-48)29(27)43(61)67-17-49-31-23(33(53)41(49)73-49)11-13-65-45(31)71-47-39(59)37(57)35(55)25(15-51)69-47/h3-14,23-42,45-48,51-60H,15-18H2,1-2H3/t23-,24-,25-,26-,27-,28+,29+,30-,31-,32-,33+,34+,35-,36-,37+,38+,39-,40-,41+,42+,45+,46+,47+,48+,49-,50-/m1/s1. The van der Waals surface area contributed by atoms with Gasteiger partial charge in [0.2, 0.25) is 12.6 Å². The molecule has 0 radical (unpaired) electrons. The summed E-state index contributed by atoms with van der Waals surface area (Å²) in [5.41, 5.74) is -1.54. The maximum atomic E-state index is 15.0. The number of hydrogen-bond acceptors (Lipinski definition) is 24. The second-order valence-corrected chi connectivity index (χ2v) is 20.4. The van der Waals surface area contributed by atoms with Gasteiger partial charge in [-0.3, -0.25) is 9.59 Å². The number of methoxy groups -OCH3 is 2. The molecule has 3 saturated carbocycles. The van der Waals surface area contributed by atoms with Gasteiger partial charge in [-0.05, 0) is 47.5 Å². The Bertz CT molecular complexity index is 2250. The first-order chi connectivity index (χ1) is 35.6. The van der Waals surface area contributed by atoms with Gasteiger partial charge < -0.3 is 108 Å². The topological polar surface area (TPSA) is 354 Å². The highest BCUT2D eigenvalue weighted by Crippen LogP contribution is 2.63. The van der Waals surface area contributed by atoms with Crippen LogP contribution in [-0.2, 0) is 57.0 Å². The van der Waals surface area contributed by atoms with E-state index in [1.165, 1.54) is 26.7 Å². The molecule has 24 heteroatoms. The van der Waals surface area contributed by atoms with Crippen molar-refractivity contribution in [2.24, 2.45) is 35.5 Å². The zero-order valence-corrected chi connectivity index (χ0v) is 39.8. The van der Waals surface area contributed by atoms with Crippen molar-refractivity contribution in [3.63, 3.8) is 0 Å². The molecule has 2 aromatic carbocycles. The zero-order valence-electron chi connectivity index (χ0n) is 39.8. The summed E-state index contributed by atoms with van der Waals surface area (Å²) in [5, 5.41) is 106. The molecule has 0 unspecified atom stereocenters. The van der Waals surface area contributed by atoms with E-state index in [0.717, 1.165) is 0 Å². The molecule has 0 amide bonds. The summed E-state index contributed by atoms with van der Waals surface area (Å²) >= 11 is 0. The number of aliphatic hydroxyl groups is 10. The van der Waals surface area contributed by atoms with Crippen molar-refractivity contribution >= 4 is 11.9 Å². The fraction of sp³-hybridized carbons (Fsp3) is 0.640. The lowest BCUT2D eigenvalue weighted by molar-refractivity contribution is -0.344. The smallest absolute Gasteiger partial charge is 0.310 e. The van der Waals surface area contributed by atoms with Crippen LogP contribution in [0.25, 0.3) is 0 Å². The lowest BCUT2D eigenvalue weighted by atomic mass is 9.52. The molecule has 7 fully saturated rings. The first kappa shape index (κ1) is 51.5. The minimum Gasteiger partial charge on any atom is -0.497 e. The Labute approximate surface area is 422 Å². The summed E-state index contributed by atoms with van der Waals surface area (Å²) in [6.45, 7) is -2.36. The fourth-order valence-corrected chi connectivity index (χ4v) is 12.7. The largest absolute Gasteiger partial charge is 0.497 e. The number of benzene rings is 2. The molecule has 0 spiro atoms. The van der Waals surface area contributed by atoms with E-state index >= 15 is 0 Å². The molecule has 4 saturated heterocycles. The van der Waals surface area contributed by atoms with Crippen molar-refractivity contribution in [1.82, 2.24) is 0 Å². The Morgan fingerprint density at radius 1 is 0.514 bits per heavy atom. The normalized spacial score (nSPS) is 47.1. The molecule has 0 aromatic heterocycles. The summed E-state index contributed by atoms with van der Waals surface area (Å²) in [6.07, 6.45) is -17.1. The average molecular weight is 1050 g/mol. The molecule has 74 heavy (non-hydrogen) atoms. The Balaban J connectivity index is 0.867. The summed E-state index contributed by atoms with van der Waals surface area (Å²) in [7, 11) is 3.01. The van der Waals surface area contributed by atoms with E-state index in [-0.39, 0.29) is 0 Å². The first-order valence-corrected chi connectivity index (χ1v) is 24.5. The average Bonchev–Trinajstić information content (AvgIpc) is 4.30. The van der Waals surface area contributed by atoms with Crippen molar-refractivity contribution < 1.29 is 117 Å². The number of carbonyl (C=O) groups excluding carboxylic acids is 2. The van der Waals surface area contributed by atoms with Crippen LogP contribution in [-0.4, -0.2) is 213 Å². The third kappa shape index (κ3) is 8.29. The lowest BCUT2D eigenvalue weighted by Gasteiger charge is -2.50. The zero-order chi connectivity index (χ0) is 52.1. The Kier molecular flexibility index (Phi) is 13.8. The molecule has 26 atom stereocenters. The molecule has 404 valence electrons. The number of esters is 2. The van der Waals surface area contributed by atoms with Crippen LogP contribution in [0, 0.1) is 35.5 Å². The molecule has 11 rings (SSSR count). The minimum atomic E-state index is -1.78. The quantitative estimate of drug-likeness (QED) is 0.0584. The molecule has 0 bridgehead atoms. The van der Waals surface area contributed by atoms with Gasteiger partial charge in [-0.15, -0.1) is 0 Å². The number of epoxide rings is 2. The minimum absolute atomic E-state index is 0.468. The van der Waals surface area contributed by atoms with Crippen molar-refractivity contribution in [1.29, 1.82) is 0 Å². The van der Waals surface area contributed by atoms with Gasteiger partial charge in [0, 0.05) is 23.7 Å². The van der Waals surface area contributed by atoms with Gasteiger partial charge in [-0.1, -0.05) is 24.3 Å². The van der Waals surface area contributed by atoms with Gasteiger partial charge in [0.05, 0.1) is 75.8 Å². The van der Waals surface area contributed by atoms with Crippen LogP contribution in [0.3, 0.4) is 0 Å².